The molecule has 0 aromatic heterocycles. The highest BCUT2D eigenvalue weighted by atomic mass is 16.5. The molecule has 0 bridgehead atoms. The maximum atomic E-state index is 11.3. The van der Waals surface area contributed by atoms with E-state index in [0.717, 1.165) is 19.5 Å². The summed E-state index contributed by atoms with van der Waals surface area (Å²) in [6.45, 7) is 4.49. The topological polar surface area (TPSA) is 32.8 Å². The minimum absolute atomic E-state index is 0.0858. The van der Waals surface area contributed by atoms with Crippen LogP contribution in [0, 0.1) is 0 Å². The summed E-state index contributed by atoms with van der Waals surface area (Å²) in [5.41, 5.74) is 1.42. The number of carbonyl (C=O) groups is 1. The minimum atomic E-state index is -0.0858. The van der Waals surface area contributed by atoms with E-state index in [1.165, 1.54) is 51.4 Å². The Morgan fingerprint density at radius 2 is 1.75 bits per heavy atom. The molecule has 4 nitrogen and oxygen atoms in total. The van der Waals surface area contributed by atoms with Gasteiger partial charge in [-0.3, -0.25) is 14.6 Å². The second-order valence-corrected chi connectivity index (χ2v) is 7.09. The van der Waals surface area contributed by atoms with Crippen LogP contribution in [0.5, 0.6) is 0 Å². The van der Waals surface area contributed by atoms with Crippen LogP contribution in [0.3, 0.4) is 0 Å². The zero-order chi connectivity index (χ0) is 16.8. The second kappa shape index (κ2) is 8.63. The number of rotatable bonds is 7. The van der Waals surface area contributed by atoms with E-state index in [9.17, 15) is 4.79 Å². The molecule has 4 heteroatoms. The summed E-state index contributed by atoms with van der Waals surface area (Å²) in [7, 11) is 1.47. The van der Waals surface area contributed by atoms with Crippen molar-refractivity contribution >= 4 is 5.97 Å². The number of nitrogens with zero attached hydrogens (tertiary/aromatic N) is 2. The fourth-order valence-corrected chi connectivity index (χ4v) is 4.40. The smallest absolute Gasteiger partial charge is 0.305 e. The number of methoxy groups -OCH3 is 1. The molecule has 132 valence electrons. The molecule has 2 fully saturated rings. The number of ether oxygens (including phenoxy) is 1. The Bertz CT molecular complexity index is 520. The van der Waals surface area contributed by atoms with Crippen molar-refractivity contribution in [3.05, 3.63) is 35.9 Å². The summed E-state index contributed by atoms with van der Waals surface area (Å²) in [6, 6.07) is 12.2. The normalized spacial score (nSPS) is 25.2. The Labute approximate surface area is 145 Å². The molecular weight excluding hydrogens is 300 g/mol. The number of hydrogen-bond acceptors (Lipinski definition) is 4. The number of esters is 1. The maximum Gasteiger partial charge on any atom is 0.305 e. The molecule has 0 amide bonds. The molecule has 2 atom stereocenters. The number of likely N-dealkylation sites (tertiary alicyclic amines) is 2. The predicted octanol–water partition coefficient (Wildman–Crippen LogP) is 3.07. The summed E-state index contributed by atoms with van der Waals surface area (Å²) in [4.78, 5) is 16.6. The Morgan fingerprint density at radius 1 is 1.08 bits per heavy atom. The number of carbonyl (C=O) groups excluding carboxylic acids is 1. The van der Waals surface area contributed by atoms with E-state index in [2.05, 4.69) is 40.1 Å². The third-order valence-corrected chi connectivity index (χ3v) is 5.56. The van der Waals surface area contributed by atoms with Crippen molar-refractivity contribution in [3.63, 3.8) is 0 Å². The first-order chi connectivity index (χ1) is 11.8. The van der Waals surface area contributed by atoms with E-state index < -0.39 is 0 Å². The van der Waals surface area contributed by atoms with Gasteiger partial charge in [0.1, 0.15) is 0 Å². The van der Waals surface area contributed by atoms with Gasteiger partial charge in [-0.25, -0.2) is 0 Å². The highest BCUT2D eigenvalue weighted by molar-refractivity contribution is 5.69. The molecule has 0 spiro atoms. The van der Waals surface area contributed by atoms with Crippen LogP contribution in [0.15, 0.2) is 30.3 Å². The standard InChI is InChI=1S/C20H30N2O2/c1-24-20(23)12-7-14-21-13-5-10-18(21)19-11-6-15-22(19)16-17-8-3-2-4-9-17/h2-4,8-9,18-19H,5-7,10-16H2,1H3. The first-order valence-corrected chi connectivity index (χ1v) is 9.37. The SMILES string of the molecule is COC(=O)CCCN1CCCC1C1CCCN1Cc1ccccc1. The van der Waals surface area contributed by atoms with Crippen molar-refractivity contribution in [3.8, 4) is 0 Å². The van der Waals surface area contributed by atoms with Crippen LogP contribution < -0.4 is 0 Å². The second-order valence-electron chi connectivity index (χ2n) is 7.09. The Morgan fingerprint density at radius 3 is 2.46 bits per heavy atom. The van der Waals surface area contributed by atoms with Gasteiger partial charge in [0.15, 0.2) is 0 Å². The fraction of sp³-hybridized carbons (Fsp3) is 0.650. The average molecular weight is 330 g/mol. The molecule has 0 radical (unpaired) electrons. The zero-order valence-electron chi connectivity index (χ0n) is 14.8. The molecule has 0 N–H and O–H groups in total. The summed E-state index contributed by atoms with van der Waals surface area (Å²) in [5.74, 6) is -0.0858. The predicted molar refractivity (Wildman–Crippen MR) is 95.7 cm³/mol. The van der Waals surface area contributed by atoms with E-state index in [4.69, 9.17) is 4.74 Å². The van der Waals surface area contributed by atoms with Crippen molar-refractivity contribution in [2.45, 2.75) is 57.2 Å². The molecule has 2 unspecified atom stereocenters. The minimum Gasteiger partial charge on any atom is -0.469 e. The molecule has 2 saturated heterocycles. The molecule has 1 aromatic rings. The lowest BCUT2D eigenvalue weighted by molar-refractivity contribution is -0.140. The van der Waals surface area contributed by atoms with E-state index >= 15 is 0 Å². The van der Waals surface area contributed by atoms with Crippen LogP contribution in [-0.4, -0.2) is 54.6 Å². The summed E-state index contributed by atoms with van der Waals surface area (Å²) < 4.78 is 4.76. The molecule has 1 aromatic carbocycles. The van der Waals surface area contributed by atoms with Gasteiger partial charge in [-0.05, 0) is 57.3 Å². The highest BCUT2D eigenvalue weighted by Gasteiger charge is 2.37. The van der Waals surface area contributed by atoms with E-state index in [1.807, 2.05) is 0 Å². The highest BCUT2D eigenvalue weighted by Crippen LogP contribution is 2.31. The quantitative estimate of drug-likeness (QED) is 0.719. The van der Waals surface area contributed by atoms with Crippen LogP contribution in [-0.2, 0) is 16.1 Å². The van der Waals surface area contributed by atoms with E-state index in [1.54, 1.807) is 0 Å². The van der Waals surface area contributed by atoms with Crippen LogP contribution >= 0.6 is 0 Å². The fourth-order valence-electron chi connectivity index (χ4n) is 4.40. The summed E-state index contributed by atoms with van der Waals surface area (Å²) in [5, 5.41) is 0. The Hall–Kier alpha value is -1.39. The number of hydrogen-bond donors (Lipinski definition) is 0. The molecule has 2 heterocycles. The monoisotopic (exact) mass is 330 g/mol. The largest absolute Gasteiger partial charge is 0.469 e. The zero-order valence-corrected chi connectivity index (χ0v) is 14.8. The third-order valence-electron chi connectivity index (χ3n) is 5.56. The van der Waals surface area contributed by atoms with Crippen LogP contribution in [0.1, 0.15) is 44.1 Å². The van der Waals surface area contributed by atoms with Gasteiger partial charge in [0, 0.05) is 25.0 Å². The van der Waals surface area contributed by atoms with Crippen LogP contribution in [0.4, 0.5) is 0 Å². The lowest BCUT2D eigenvalue weighted by atomic mass is 10.0. The van der Waals surface area contributed by atoms with Gasteiger partial charge in [-0.15, -0.1) is 0 Å². The van der Waals surface area contributed by atoms with Crippen molar-refractivity contribution in [2.24, 2.45) is 0 Å². The van der Waals surface area contributed by atoms with Crippen LogP contribution in [0.2, 0.25) is 0 Å². The lowest BCUT2D eigenvalue weighted by Crippen LogP contribution is -2.46. The van der Waals surface area contributed by atoms with Crippen molar-refractivity contribution < 1.29 is 9.53 Å². The third kappa shape index (κ3) is 4.37. The Balaban J connectivity index is 1.55. The molecule has 2 aliphatic heterocycles. The molecule has 2 aliphatic rings. The lowest BCUT2D eigenvalue weighted by Gasteiger charge is -2.35. The number of benzene rings is 1. The summed E-state index contributed by atoms with van der Waals surface area (Å²) >= 11 is 0. The van der Waals surface area contributed by atoms with Crippen LogP contribution in [0.25, 0.3) is 0 Å². The van der Waals surface area contributed by atoms with E-state index in [0.29, 0.717) is 18.5 Å². The molecule has 3 rings (SSSR count). The van der Waals surface area contributed by atoms with Gasteiger partial charge < -0.3 is 4.74 Å². The van der Waals surface area contributed by atoms with Crippen molar-refractivity contribution in [1.29, 1.82) is 0 Å². The van der Waals surface area contributed by atoms with Gasteiger partial charge in [-0.1, -0.05) is 30.3 Å². The van der Waals surface area contributed by atoms with Crippen molar-refractivity contribution in [1.82, 2.24) is 9.80 Å². The van der Waals surface area contributed by atoms with Gasteiger partial charge in [-0.2, -0.15) is 0 Å². The van der Waals surface area contributed by atoms with E-state index in [-0.39, 0.29) is 5.97 Å². The maximum absolute atomic E-state index is 11.3. The first-order valence-electron chi connectivity index (χ1n) is 9.37. The van der Waals surface area contributed by atoms with Gasteiger partial charge >= 0.3 is 5.97 Å². The first kappa shape index (κ1) is 17.4. The van der Waals surface area contributed by atoms with Gasteiger partial charge in [0.2, 0.25) is 0 Å². The molecule has 0 aliphatic carbocycles. The summed E-state index contributed by atoms with van der Waals surface area (Å²) in [6.07, 6.45) is 6.66. The average Bonchev–Trinajstić information content (AvgIpc) is 3.24. The van der Waals surface area contributed by atoms with Crippen molar-refractivity contribution in [2.75, 3.05) is 26.7 Å². The van der Waals surface area contributed by atoms with Gasteiger partial charge in [0.05, 0.1) is 7.11 Å². The molecule has 0 saturated carbocycles. The molecular formula is C20H30N2O2. The molecule has 24 heavy (non-hydrogen) atoms. The Kier molecular flexibility index (Phi) is 6.27. The van der Waals surface area contributed by atoms with Gasteiger partial charge in [0.25, 0.3) is 0 Å².